The topological polar surface area (TPSA) is 49.8 Å². The molecule has 13 heavy (non-hydrogen) atoms. The molecular weight excluding hydrogens is 170 g/mol. The molecule has 4 nitrogen and oxygen atoms in total. The van der Waals surface area contributed by atoms with Gasteiger partial charge in [-0.1, -0.05) is 0 Å². The minimum Gasteiger partial charge on any atom is -0.479 e. The van der Waals surface area contributed by atoms with Crippen molar-refractivity contribution in [1.82, 2.24) is 4.90 Å². The third kappa shape index (κ3) is 2.97. The number of rotatable bonds is 6. The van der Waals surface area contributed by atoms with Crippen molar-refractivity contribution in [1.29, 1.82) is 0 Å². The first-order chi connectivity index (χ1) is 6.07. The summed E-state index contributed by atoms with van der Waals surface area (Å²) in [5.74, 6) is -0.808. The lowest BCUT2D eigenvalue weighted by Gasteiger charge is -2.13. The lowest BCUT2D eigenvalue weighted by Crippen LogP contribution is -2.27. The summed E-state index contributed by atoms with van der Waals surface area (Å²) in [7, 11) is 3.98. The van der Waals surface area contributed by atoms with Crippen LogP contribution in [0.5, 0.6) is 0 Å². The van der Waals surface area contributed by atoms with Gasteiger partial charge in [0.1, 0.15) is 0 Å². The van der Waals surface area contributed by atoms with E-state index < -0.39 is 11.6 Å². The minimum atomic E-state index is -0.813. The van der Waals surface area contributed by atoms with E-state index in [1.54, 1.807) is 0 Å². The van der Waals surface area contributed by atoms with Crippen molar-refractivity contribution in [2.75, 3.05) is 27.2 Å². The van der Waals surface area contributed by atoms with Gasteiger partial charge in [-0.2, -0.15) is 0 Å². The molecule has 0 aromatic heterocycles. The van der Waals surface area contributed by atoms with E-state index in [0.29, 0.717) is 19.4 Å². The van der Waals surface area contributed by atoms with Gasteiger partial charge in [0.2, 0.25) is 0 Å². The molecule has 0 aromatic rings. The summed E-state index contributed by atoms with van der Waals surface area (Å²) in [5.41, 5.74) is -0.813. The Morgan fingerprint density at radius 3 is 2.54 bits per heavy atom. The maximum Gasteiger partial charge on any atom is 0.335 e. The number of ether oxygens (including phenoxy) is 1. The van der Waals surface area contributed by atoms with Crippen LogP contribution in [-0.2, 0) is 9.53 Å². The number of hydrogen-bond acceptors (Lipinski definition) is 3. The van der Waals surface area contributed by atoms with Crippen LogP contribution in [-0.4, -0.2) is 48.8 Å². The number of aliphatic carboxylic acids is 1. The van der Waals surface area contributed by atoms with Gasteiger partial charge >= 0.3 is 5.97 Å². The molecule has 0 spiro atoms. The van der Waals surface area contributed by atoms with E-state index in [0.717, 1.165) is 13.0 Å². The Balaban J connectivity index is 2.09. The molecule has 0 bridgehead atoms. The van der Waals surface area contributed by atoms with Crippen molar-refractivity contribution in [3.63, 3.8) is 0 Å². The Hall–Kier alpha value is -0.610. The largest absolute Gasteiger partial charge is 0.479 e. The van der Waals surface area contributed by atoms with Gasteiger partial charge in [-0.15, -0.1) is 0 Å². The summed E-state index contributed by atoms with van der Waals surface area (Å²) in [4.78, 5) is 12.7. The second-order valence-corrected chi connectivity index (χ2v) is 3.80. The molecule has 1 fully saturated rings. The van der Waals surface area contributed by atoms with Gasteiger partial charge in [0.05, 0.1) is 0 Å². The van der Waals surface area contributed by atoms with E-state index in [9.17, 15) is 4.79 Å². The fourth-order valence-electron chi connectivity index (χ4n) is 1.18. The van der Waals surface area contributed by atoms with Crippen LogP contribution >= 0.6 is 0 Å². The molecule has 1 aliphatic carbocycles. The van der Waals surface area contributed by atoms with Crippen LogP contribution in [0.4, 0.5) is 0 Å². The van der Waals surface area contributed by atoms with Crippen molar-refractivity contribution in [2.24, 2.45) is 0 Å². The Morgan fingerprint density at radius 1 is 1.54 bits per heavy atom. The lowest BCUT2D eigenvalue weighted by atomic mass is 10.3. The summed E-state index contributed by atoms with van der Waals surface area (Å²) in [6.07, 6.45) is 2.23. The van der Waals surface area contributed by atoms with Crippen molar-refractivity contribution in [3.05, 3.63) is 0 Å². The van der Waals surface area contributed by atoms with Crippen molar-refractivity contribution in [3.8, 4) is 0 Å². The molecule has 1 rings (SSSR count). The van der Waals surface area contributed by atoms with E-state index in [2.05, 4.69) is 4.90 Å². The SMILES string of the molecule is CN(C)CCCOC1(C(=O)O)CC1. The zero-order valence-electron chi connectivity index (χ0n) is 8.25. The predicted octanol–water partition coefficient (Wildman–Crippen LogP) is 0.572. The van der Waals surface area contributed by atoms with E-state index in [-0.39, 0.29) is 0 Å². The monoisotopic (exact) mass is 187 g/mol. The van der Waals surface area contributed by atoms with Crippen molar-refractivity contribution < 1.29 is 14.6 Å². The molecule has 0 aliphatic heterocycles. The first-order valence-electron chi connectivity index (χ1n) is 4.59. The molecule has 0 unspecified atom stereocenters. The summed E-state index contributed by atoms with van der Waals surface area (Å²) < 4.78 is 5.33. The van der Waals surface area contributed by atoms with E-state index >= 15 is 0 Å². The summed E-state index contributed by atoms with van der Waals surface area (Å²) in [5, 5.41) is 8.78. The zero-order valence-corrected chi connectivity index (χ0v) is 8.25. The Morgan fingerprint density at radius 2 is 2.15 bits per heavy atom. The van der Waals surface area contributed by atoms with Crippen molar-refractivity contribution in [2.45, 2.75) is 24.9 Å². The van der Waals surface area contributed by atoms with Gasteiger partial charge in [-0.05, 0) is 39.9 Å². The highest BCUT2D eigenvalue weighted by molar-refractivity contribution is 5.80. The van der Waals surface area contributed by atoms with Crippen LogP contribution in [0, 0.1) is 0 Å². The second-order valence-electron chi connectivity index (χ2n) is 3.80. The Bertz CT molecular complexity index is 187. The highest BCUT2D eigenvalue weighted by Crippen LogP contribution is 2.39. The molecule has 0 saturated heterocycles. The normalized spacial score (nSPS) is 19.0. The molecule has 4 heteroatoms. The molecular formula is C9H17NO3. The molecule has 1 aliphatic rings. The van der Waals surface area contributed by atoms with Crippen LogP contribution in [0.25, 0.3) is 0 Å². The fourth-order valence-corrected chi connectivity index (χ4v) is 1.18. The molecule has 0 atom stereocenters. The van der Waals surface area contributed by atoms with Crippen LogP contribution in [0.15, 0.2) is 0 Å². The van der Waals surface area contributed by atoms with Crippen molar-refractivity contribution >= 4 is 5.97 Å². The highest BCUT2D eigenvalue weighted by atomic mass is 16.5. The van der Waals surface area contributed by atoms with Crippen LogP contribution in [0.2, 0.25) is 0 Å². The molecule has 0 amide bonds. The molecule has 0 heterocycles. The summed E-state index contributed by atoms with van der Waals surface area (Å²) in [6, 6.07) is 0. The molecule has 0 radical (unpaired) electrons. The third-order valence-corrected chi connectivity index (χ3v) is 2.22. The number of nitrogens with zero attached hydrogens (tertiary/aromatic N) is 1. The van der Waals surface area contributed by atoms with Crippen LogP contribution in [0.3, 0.4) is 0 Å². The van der Waals surface area contributed by atoms with Gasteiger partial charge in [0.25, 0.3) is 0 Å². The number of carboxylic acids is 1. The fraction of sp³-hybridized carbons (Fsp3) is 0.889. The first-order valence-corrected chi connectivity index (χ1v) is 4.59. The first kappa shape index (κ1) is 10.5. The molecule has 1 N–H and O–H groups in total. The van der Waals surface area contributed by atoms with Gasteiger partial charge in [-0.3, -0.25) is 0 Å². The van der Waals surface area contributed by atoms with Gasteiger partial charge in [0, 0.05) is 6.61 Å². The Labute approximate surface area is 78.5 Å². The molecule has 1 saturated carbocycles. The average molecular weight is 187 g/mol. The molecule has 0 aromatic carbocycles. The van der Waals surface area contributed by atoms with E-state index in [4.69, 9.17) is 9.84 Å². The van der Waals surface area contributed by atoms with Gasteiger partial charge in [0.15, 0.2) is 5.60 Å². The van der Waals surface area contributed by atoms with Gasteiger partial charge < -0.3 is 14.7 Å². The number of hydrogen-bond donors (Lipinski definition) is 1. The average Bonchev–Trinajstić information content (AvgIpc) is 2.78. The standard InChI is InChI=1S/C9H17NO3/c1-10(2)6-3-7-13-9(4-5-9)8(11)12/h3-7H2,1-2H3,(H,11,12). The smallest absolute Gasteiger partial charge is 0.335 e. The Kier molecular flexibility index (Phi) is 3.27. The number of carboxylic acid groups (broad SMARTS) is 1. The highest BCUT2D eigenvalue weighted by Gasteiger charge is 2.51. The maximum atomic E-state index is 10.7. The van der Waals surface area contributed by atoms with Crippen LogP contribution < -0.4 is 0 Å². The van der Waals surface area contributed by atoms with Gasteiger partial charge in [-0.25, -0.2) is 4.79 Å². The second kappa shape index (κ2) is 4.07. The minimum absolute atomic E-state index is 0.546. The summed E-state index contributed by atoms with van der Waals surface area (Å²) in [6.45, 7) is 1.49. The molecule has 76 valence electrons. The van der Waals surface area contributed by atoms with E-state index in [1.807, 2.05) is 14.1 Å². The summed E-state index contributed by atoms with van der Waals surface area (Å²) >= 11 is 0. The zero-order chi connectivity index (χ0) is 9.90. The third-order valence-electron chi connectivity index (χ3n) is 2.22. The maximum absolute atomic E-state index is 10.7. The van der Waals surface area contributed by atoms with E-state index in [1.165, 1.54) is 0 Å². The number of carbonyl (C=O) groups is 1. The quantitative estimate of drug-likeness (QED) is 0.618. The van der Waals surface area contributed by atoms with Crippen LogP contribution in [0.1, 0.15) is 19.3 Å². The lowest BCUT2D eigenvalue weighted by molar-refractivity contribution is -0.153. The predicted molar refractivity (Wildman–Crippen MR) is 48.7 cm³/mol.